The maximum Gasteiger partial charge on any atom is 0.277 e. The van der Waals surface area contributed by atoms with Crippen molar-refractivity contribution in [3.05, 3.63) is 73.3 Å². The third-order valence-electron chi connectivity index (χ3n) is 3.12. The second kappa shape index (κ2) is 7.37. The van der Waals surface area contributed by atoms with Crippen molar-refractivity contribution in [2.45, 2.75) is 0 Å². The van der Waals surface area contributed by atoms with E-state index in [2.05, 4.69) is 37.5 Å². The van der Waals surface area contributed by atoms with Gasteiger partial charge in [0.1, 0.15) is 4.88 Å². The van der Waals surface area contributed by atoms with Crippen LogP contribution in [-0.4, -0.2) is 21.3 Å². The van der Waals surface area contributed by atoms with Crippen LogP contribution in [0, 0.1) is 3.57 Å². The molecule has 1 amide bonds. The summed E-state index contributed by atoms with van der Waals surface area (Å²) in [4.78, 5) is 25.1. The first-order chi connectivity index (χ1) is 11.5. The summed E-state index contributed by atoms with van der Waals surface area (Å²) in [6, 6.07) is 13.7. The molecule has 0 spiro atoms. The Bertz CT molecular complexity index is 894. The lowest BCUT2D eigenvalue weighted by Crippen LogP contribution is -2.16. The fraction of sp³-hybridized carbons (Fsp3) is 0. The second-order valence-electron chi connectivity index (χ2n) is 4.75. The van der Waals surface area contributed by atoms with Crippen LogP contribution >= 0.6 is 45.7 Å². The van der Waals surface area contributed by atoms with Crippen molar-refractivity contribution < 1.29 is 9.59 Å². The number of hydrogen-bond acceptors (Lipinski definition) is 5. The summed E-state index contributed by atoms with van der Waals surface area (Å²) in [6.45, 7) is 0. The monoisotopic (exact) mass is 469 g/mol. The molecule has 1 N–H and O–H groups in total. The minimum atomic E-state index is -0.470. The van der Waals surface area contributed by atoms with Gasteiger partial charge >= 0.3 is 0 Å². The largest absolute Gasteiger partial charge is 0.321 e. The number of benzene rings is 2. The first kappa shape index (κ1) is 17.0. The topological polar surface area (TPSA) is 72.0 Å². The van der Waals surface area contributed by atoms with E-state index in [9.17, 15) is 9.59 Å². The molecule has 0 aliphatic heterocycles. The van der Waals surface area contributed by atoms with Gasteiger partial charge in [0, 0.05) is 19.8 Å². The molecule has 24 heavy (non-hydrogen) atoms. The maximum atomic E-state index is 12.5. The van der Waals surface area contributed by atoms with Crippen LogP contribution in [0.25, 0.3) is 0 Å². The van der Waals surface area contributed by atoms with E-state index >= 15 is 0 Å². The van der Waals surface area contributed by atoms with Gasteiger partial charge in [-0.15, -0.1) is 5.10 Å². The number of hydrogen-bond donors (Lipinski definition) is 1. The fourth-order valence-corrected chi connectivity index (χ4v) is 3.05. The van der Waals surface area contributed by atoms with Crippen molar-refractivity contribution in [3.8, 4) is 0 Å². The van der Waals surface area contributed by atoms with Gasteiger partial charge in [-0.3, -0.25) is 9.59 Å². The quantitative estimate of drug-likeness (QED) is 0.457. The third-order valence-corrected chi connectivity index (χ3v) is 4.81. The van der Waals surface area contributed by atoms with E-state index in [1.807, 2.05) is 12.1 Å². The Hall–Kier alpha value is -1.84. The molecule has 0 aliphatic rings. The molecule has 3 aromatic rings. The molecule has 1 heterocycles. The van der Waals surface area contributed by atoms with Crippen LogP contribution in [-0.2, 0) is 0 Å². The number of amides is 1. The maximum absolute atomic E-state index is 12.5. The van der Waals surface area contributed by atoms with E-state index in [1.54, 1.807) is 36.4 Å². The minimum absolute atomic E-state index is 0.0125. The zero-order valence-corrected chi connectivity index (χ0v) is 15.7. The van der Waals surface area contributed by atoms with Crippen molar-refractivity contribution in [1.29, 1.82) is 0 Å². The number of anilines is 1. The Kier molecular flexibility index (Phi) is 5.22. The third kappa shape index (κ3) is 3.80. The lowest BCUT2D eigenvalue weighted by Gasteiger charge is -2.04. The Morgan fingerprint density at radius 2 is 1.71 bits per heavy atom. The minimum Gasteiger partial charge on any atom is -0.321 e. The highest BCUT2D eigenvalue weighted by atomic mass is 127. The van der Waals surface area contributed by atoms with Gasteiger partial charge < -0.3 is 5.32 Å². The van der Waals surface area contributed by atoms with Gasteiger partial charge in [-0.05, 0) is 82.7 Å². The van der Waals surface area contributed by atoms with E-state index in [-0.39, 0.29) is 16.4 Å². The van der Waals surface area contributed by atoms with E-state index in [1.165, 1.54) is 0 Å². The molecular formula is C16H9ClIN3O2S. The SMILES string of the molecule is O=C(Nc1ccc(I)cc1)c1nnsc1C(=O)c1ccc(Cl)cc1. The van der Waals surface area contributed by atoms with E-state index in [0.717, 1.165) is 15.1 Å². The molecule has 0 saturated heterocycles. The first-order valence-electron chi connectivity index (χ1n) is 6.74. The van der Waals surface area contributed by atoms with Crippen LogP contribution in [0.2, 0.25) is 5.02 Å². The summed E-state index contributed by atoms with van der Waals surface area (Å²) in [5.41, 5.74) is 1.06. The second-order valence-corrected chi connectivity index (χ2v) is 7.18. The van der Waals surface area contributed by atoms with Gasteiger partial charge in [-0.25, -0.2) is 0 Å². The Labute approximate surface area is 160 Å². The summed E-state index contributed by atoms with van der Waals surface area (Å²) in [5.74, 6) is -0.781. The molecule has 0 saturated carbocycles. The van der Waals surface area contributed by atoms with Crippen molar-refractivity contribution in [1.82, 2.24) is 9.59 Å². The summed E-state index contributed by atoms with van der Waals surface area (Å²) >= 11 is 8.89. The smallest absolute Gasteiger partial charge is 0.277 e. The van der Waals surface area contributed by atoms with Crippen LogP contribution in [0.1, 0.15) is 25.7 Å². The van der Waals surface area contributed by atoms with Gasteiger partial charge in [0.05, 0.1) is 0 Å². The van der Waals surface area contributed by atoms with Crippen molar-refractivity contribution in [2.75, 3.05) is 5.32 Å². The highest BCUT2D eigenvalue weighted by Gasteiger charge is 2.23. The number of nitrogens with zero attached hydrogens (tertiary/aromatic N) is 2. The molecule has 0 radical (unpaired) electrons. The molecule has 0 fully saturated rings. The standard InChI is InChI=1S/C16H9ClIN3O2S/c17-10-3-1-9(2-4-10)14(22)15-13(20-21-24-15)16(23)19-12-7-5-11(18)6-8-12/h1-8H,(H,19,23). The molecular weight excluding hydrogens is 461 g/mol. The normalized spacial score (nSPS) is 10.4. The molecule has 3 rings (SSSR count). The lowest BCUT2D eigenvalue weighted by atomic mass is 10.1. The van der Waals surface area contributed by atoms with Gasteiger partial charge in [-0.2, -0.15) is 0 Å². The van der Waals surface area contributed by atoms with Gasteiger partial charge in [-0.1, -0.05) is 16.1 Å². The zero-order chi connectivity index (χ0) is 17.1. The molecule has 0 bridgehead atoms. The predicted octanol–water partition coefficient (Wildman–Crippen LogP) is 4.28. The molecule has 2 aromatic carbocycles. The van der Waals surface area contributed by atoms with Crippen LogP contribution in [0.3, 0.4) is 0 Å². The first-order valence-corrected chi connectivity index (χ1v) is 8.97. The van der Waals surface area contributed by atoms with Crippen LogP contribution in [0.4, 0.5) is 5.69 Å². The molecule has 0 aliphatic carbocycles. The number of halogens is 2. The van der Waals surface area contributed by atoms with Crippen LogP contribution in [0.15, 0.2) is 48.5 Å². The summed E-state index contributed by atoms with van der Waals surface area (Å²) in [6.07, 6.45) is 0. The average Bonchev–Trinajstić information content (AvgIpc) is 3.07. The molecule has 0 atom stereocenters. The molecule has 8 heteroatoms. The molecule has 5 nitrogen and oxygen atoms in total. The zero-order valence-electron chi connectivity index (χ0n) is 12.0. The average molecular weight is 470 g/mol. The van der Waals surface area contributed by atoms with Gasteiger partial charge in [0.2, 0.25) is 5.78 Å². The molecule has 0 unspecified atom stereocenters. The van der Waals surface area contributed by atoms with Crippen LogP contribution in [0.5, 0.6) is 0 Å². The lowest BCUT2D eigenvalue weighted by molar-refractivity contribution is 0.0995. The highest BCUT2D eigenvalue weighted by Crippen LogP contribution is 2.20. The fourth-order valence-electron chi connectivity index (χ4n) is 1.94. The van der Waals surface area contributed by atoms with E-state index in [4.69, 9.17) is 11.6 Å². The van der Waals surface area contributed by atoms with Crippen molar-refractivity contribution in [3.63, 3.8) is 0 Å². The van der Waals surface area contributed by atoms with Crippen molar-refractivity contribution >= 4 is 63.1 Å². The van der Waals surface area contributed by atoms with Crippen LogP contribution < -0.4 is 5.32 Å². The number of carbonyl (C=O) groups is 2. The van der Waals surface area contributed by atoms with E-state index in [0.29, 0.717) is 16.3 Å². The summed E-state index contributed by atoms with van der Waals surface area (Å²) in [7, 11) is 0. The van der Waals surface area contributed by atoms with Crippen molar-refractivity contribution in [2.24, 2.45) is 0 Å². The van der Waals surface area contributed by atoms with Gasteiger partial charge in [0.15, 0.2) is 5.69 Å². The summed E-state index contributed by atoms with van der Waals surface area (Å²) in [5, 5.41) is 7.05. The number of aromatic nitrogens is 2. The highest BCUT2D eigenvalue weighted by molar-refractivity contribution is 14.1. The van der Waals surface area contributed by atoms with Gasteiger partial charge in [0.25, 0.3) is 5.91 Å². The Morgan fingerprint density at radius 3 is 2.38 bits per heavy atom. The number of carbonyl (C=O) groups excluding carboxylic acids is 2. The molecule has 1 aromatic heterocycles. The Morgan fingerprint density at radius 1 is 1.04 bits per heavy atom. The number of nitrogens with one attached hydrogen (secondary N) is 1. The summed E-state index contributed by atoms with van der Waals surface area (Å²) < 4.78 is 4.80. The number of rotatable bonds is 4. The number of ketones is 1. The Balaban J connectivity index is 1.84. The predicted molar refractivity (Wildman–Crippen MR) is 102 cm³/mol. The van der Waals surface area contributed by atoms with E-state index < -0.39 is 5.91 Å². The molecule has 120 valence electrons.